The SMILES string of the molecule is CCN(/C=C(/C#N)Cc1cc(O)c(O)c([N+](=O)[O-])c1)CC. The smallest absolute Gasteiger partial charge is 0.314 e. The van der Waals surface area contributed by atoms with E-state index in [0.29, 0.717) is 11.1 Å². The van der Waals surface area contributed by atoms with E-state index in [1.54, 1.807) is 6.20 Å². The Morgan fingerprint density at radius 3 is 2.52 bits per heavy atom. The standard InChI is InChI=1S/C14H17N3O4/c1-3-16(4-2)9-11(8-15)5-10-6-12(17(20)21)14(19)13(18)7-10/h6-7,9,18-19H,3-5H2,1-2H3/b11-9+. The topological polar surface area (TPSA) is 111 Å². The van der Waals surface area contributed by atoms with Gasteiger partial charge in [-0.05, 0) is 25.5 Å². The van der Waals surface area contributed by atoms with E-state index in [1.165, 1.54) is 6.07 Å². The van der Waals surface area contributed by atoms with Gasteiger partial charge in [0.2, 0.25) is 5.75 Å². The van der Waals surface area contributed by atoms with E-state index in [-0.39, 0.29) is 6.42 Å². The number of hydrogen-bond acceptors (Lipinski definition) is 6. The molecule has 0 saturated carbocycles. The molecular formula is C14H17N3O4. The lowest BCUT2D eigenvalue weighted by Crippen LogP contribution is -2.16. The molecule has 0 spiro atoms. The van der Waals surface area contributed by atoms with E-state index in [2.05, 4.69) is 0 Å². The number of benzene rings is 1. The number of allylic oxidation sites excluding steroid dienone is 1. The molecule has 0 aliphatic heterocycles. The third-order valence-corrected chi connectivity index (χ3v) is 3.02. The van der Waals surface area contributed by atoms with E-state index in [1.807, 2.05) is 24.8 Å². The van der Waals surface area contributed by atoms with E-state index in [9.17, 15) is 20.3 Å². The van der Waals surface area contributed by atoms with Gasteiger partial charge in [0.15, 0.2) is 5.75 Å². The minimum atomic E-state index is -0.779. The van der Waals surface area contributed by atoms with Gasteiger partial charge in [-0.1, -0.05) is 0 Å². The Morgan fingerprint density at radius 2 is 2.05 bits per heavy atom. The van der Waals surface area contributed by atoms with Crippen molar-refractivity contribution in [1.82, 2.24) is 4.90 Å². The summed E-state index contributed by atoms with van der Waals surface area (Å²) in [4.78, 5) is 11.9. The highest BCUT2D eigenvalue weighted by Crippen LogP contribution is 2.36. The molecular weight excluding hydrogens is 274 g/mol. The summed E-state index contributed by atoms with van der Waals surface area (Å²) in [6, 6.07) is 4.41. The zero-order chi connectivity index (χ0) is 16.0. The Balaban J connectivity index is 3.12. The fraction of sp³-hybridized carbons (Fsp3) is 0.357. The zero-order valence-electron chi connectivity index (χ0n) is 11.9. The molecule has 0 aromatic heterocycles. The van der Waals surface area contributed by atoms with Crippen molar-refractivity contribution in [2.75, 3.05) is 13.1 Å². The molecule has 0 saturated heterocycles. The van der Waals surface area contributed by atoms with Crippen LogP contribution in [0.15, 0.2) is 23.9 Å². The van der Waals surface area contributed by atoms with Crippen LogP contribution in [0, 0.1) is 21.4 Å². The molecule has 0 bridgehead atoms. The number of aromatic hydroxyl groups is 2. The summed E-state index contributed by atoms with van der Waals surface area (Å²) < 4.78 is 0. The van der Waals surface area contributed by atoms with Gasteiger partial charge in [0.1, 0.15) is 0 Å². The van der Waals surface area contributed by atoms with Gasteiger partial charge in [-0.3, -0.25) is 10.1 Å². The van der Waals surface area contributed by atoms with Crippen LogP contribution < -0.4 is 0 Å². The number of rotatable bonds is 6. The molecule has 0 unspecified atom stereocenters. The van der Waals surface area contributed by atoms with Crippen LogP contribution in [0.25, 0.3) is 0 Å². The Bertz CT molecular complexity index is 601. The molecule has 7 nitrogen and oxygen atoms in total. The second-order valence-corrected chi connectivity index (χ2v) is 4.40. The quantitative estimate of drug-likeness (QED) is 0.360. The summed E-state index contributed by atoms with van der Waals surface area (Å²) in [7, 11) is 0. The van der Waals surface area contributed by atoms with Gasteiger partial charge in [-0.25, -0.2) is 0 Å². The number of nitro benzene ring substituents is 1. The molecule has 112 valence electrons. The molecule has 21 heavy (non-hydrogen) atoms. The fourth-order valence-corrected chi connectivity index (χ4v) is 1.86. The summed E-state index contributed by atoms with van der Waals surface area (Å²) >= 11 is 0. The number of nitro groups is 1. The lowest BCUT2D eigenvalue weighted by atomic mass is 10.0. The predicted octanol–water partition coefficient (Wildman–Crippen LogP) is 2.30. The summed E-state index contributed by atoms with van der Waals surface area (Å²) in [5.41, 5.74) is 0.222. The summed E-state index contributed by atoms with van der Waals surface area (Å²) in [5, 5.41) is 38.9. The van der Waals surface area contributed by atoms with Crippen LogP contribution >= 0.6 is 0 Å². The van der Waals surface area contributed by atoms with E-state index >= 15 is 0 Å². The van der Waals surface area contributed by atoms with Gasteiger partial charge in [-0.15, -0.1) is 0 Å². The molecule has 7 heteroatoms. The van der Waals surface area contributed by atoms with Crippen molar-refractivity contribution in [1.29, 1.82) is 5.26 Å². The second-order valence-electron chi connectivity index (χ2n) is 4.40. The molecule has 2 N–H and O–H groups in total. The van der Waals surface area contributed by atoms with Crippen LogP contribution in [-0.4, -0.2) is 33.1 Å². The van der Waals surface area contributed by atoms with Crippen LogP contribution in [-0.2, 0) is 6.42 Å². The van der Waals surface area contributed by atoms with Gasteiger partial charge >= 0.3 is 5.69 Å². The molecule has 1 aromatic rings. The van der Waals surface area contributed by atoms with Gasteiger partial charge in [0.05, 0.1) is 11.0 Å². The van der Waals surface area contributed by atoms with E-state index in [0.717, 1.165) is 19.2 Å². The second kappa shape index (κ2) is 7.14. The van der Waals surface area contributed by atoms with Gasteiger partial charge in [0.25, 0.3) is 0 Å². The molecule has 0 heterocycles. The highest BCUT2D eigenvalue weighted by molar-refractivity contribution is 5.57. The first-order valence-electron chi connectivity index (χ1n) is 6.46. The number of phenolic OH excluding ortho intramolecular Hbond substituents is 2. The first-order chi connectivity index (χ1) is 9.92. The molecule has 1 aromatic carbocycles. The minimum absolute atomic E-state index is 0.141. The summed E-state index contributed by atoms with van der Waals surface area (Å²) in [6.45, 7) is 5.38. The third kappa shape index (κ3) is 4.11. The average molecular weight is 291 g/mol. The number of nitriles is 1. The molecule has 0 aliphatic rings. The van der Waals surface area contributed by atoms with Gasteiger partial charge in [0, 0.05) is 37.3 Å². The lowest BCUT2D eigenvalue weighted by Gasteiger charge is -2.16. The van der Waals surface area contributed by atoms with Gasteiger partial charge in [-0.2, -0.15) is 5.26 Å². The highest BCUT2D eigenvalue weighted by Gasteiger charge is 2.19. The Kier molecular flexibility index (Phi) is 5.55. The highest BCUT2D eigenvalue weighted by atomic mass is 16.6. The van der Waals surface area contributed by atoms with Crippen molar-refractivity contribution < 1.29 is 15.1 Å². The number of nitrogens with zero attached hydrogens (tertiary/aromatic N) is 3. The van der Waals surface area contributed by atoms with Crippen molar-refractivity contribution in [3.05, 3.63) is 39.6 Å². The maximum atomic E-state index is 10.8. The van der Waals surface area contributed by atoms with E-state index in [4.69, 9.17) is 5.26 Å². The number of phenols is 2. The lowest BCUT2D eigenvalue weighted by molar-refractivity contribution is -0.386. The van der Waals surface area contributed by atoms with E-state index < -0.39 is 22.1 Å². The Labute approximate surface area is 122 Å². The fourth-order valence-electron chi connectivity index (χ4n) is 1.86. The molecule has 0 fully saturated rings. The first-order valence-corrected chi connectivity index (χ1v) is 6.46. The normalized spacial score (nSPS) is 11.0. The molecule has 0 radical (unpaired) electrons. The minimum Gasteiger partial charge on any atom is -0.504 e. The first kappa shape index (κ1) is 16.3. The number of hydrogen-bond donors (Lipinski definition) is 2. The molecule has 0 aliphatic carbocycles. The van der Waals surface area contributed by atoms with Crippen LogP contribution in [0.1, 0.15) is 19.4 Å². The summed E-state index contributed by atoms with van der Waals surface area (Å²) in [5.74, 6) is -1.34. The molecule has 0 amide bonds. The largest absolute Gasteiger partial charge is 0.504 e. The molecule has 0 atom stereocenters. The van der Waals surface area contributed by atoms with Crippen molar-refractivity contribution in [3.63, 3.8) is 0 Å². The monoisotopic (exact) mass is 291 g/mol. The summed E-state index contributed by atoms with van der Waals surface area (Å²) in [6.07, 6.45) is 1.83. The van der Waals surface area contributed by atoms with Crippen LogP contribution in [0.5, 0.6) is 11.5 Å². The van der Waals surface area contributed by atoms with Crippen LogP contribution in [0.2, 0.25) is 0 Å². The zero-order valence-corrected chi connectivity index (χ0v) is 11.9. The van der Waals surface area contributed by atoms with Crippen molar-refractivity contribution in [2.24, 2.45) is 0 Å². The molecule has 1 rings (SSSR count). The maximum absolute atomic E-state index is 10.8. The van der Waals surface area contributed by atoms with Crippen molar-refractivity contribution >= 4 is 5.69 Å². The van der Waals surface area contributed by atoms with Crippen molar-refractivity contribution in [2.45, 2.75) is 20.3 Å². The Hall–Kier alpha value is -2.75. The van der Waals surface area contributed by atoms with Crippen molar-refractivity contribution in [3.8, 4) is 17.6 Å². The van der Waals surface area contributed by atoms with Gasteiger partial charge < -0.3 is 15.1 Å². The average Bonchev–Trinajstić information content (AvgIpc) is 2.46. The van der Waals surface area contributed by atoms with Crippen LogP contribution in [0.3, 0.4) is 0 Å². The third-order valence-electron chi connectivity index (χ3n) is 3.02. The predicted molar refractivity (Wildman–Crippen MR) is 76.7 cm³/mol. The Morgan fingerprint density at radius 1 is 1.43 bits per heavy atom. The maximum Gasteiger partial charge on any atom is 0.314 e. The van der Waals surface area contributed by atoms with Crippen LogP contribution in [0.4, 0.5) is 5.69 Å².